The molecular formula is C15H13N3S. The molecule has 1 aromatic heterocycles. The van der Waals surface area contributed by atoms with Gasteiger partial charge in [-0.15, -0.1) is 0 Å². The molecule has 19 heavy (non-hydrogen) atoms. The second-order valence-electron chi connectivity index (χ2n) is 4.38. The first kappa shape index (κ1) is 11.9. The lowest BCUT2D eigenvalue weighted by molar-refractivity contribution is 1.08. The molecule has 0 aliphatic carbocycles. The van der Waals surface area contributed by atoms with Crippen LogP contribution in [0.25, 0.3) is 11.4 Å². The van der Waals surface area contributed by atoms with E-state index in [4.69, 9.17) is 12.2 Å². The SMILES string of the molecule is S=c1nc(-c2cccc(Cc3ccccc3)c2)[nH][nH]1. The highest BCUT2D eigenvalue weighted by Gasteiger charge is 2.03. The molecule has 0 radical (unpaired) electrons. The standard InChI is InChI=1S/C15H13N3S/c19-15-16-14(17-18-15)13-8-4-7-12(10-13)9-11-5-2-1-3-6-11/h1-8,10H,9H2,(H2,16,17,18,19). The van der Waals surface area contributed by atoms with Crippen molar-refractivity contribution in [2.24, 2.45) is 0 Å². The highest BCUT2D eigenvalue weighted by atomic mass is 32.1. The highest BCUT2D eigenvalue weighted by Crippen LogP contribution is 2.18. The monoisotopic (exact) mass is 267 g/mol. The summed E-state index contributed by atoms with van der Waals surface area (Å²) in [7, 11) is 0. The lowest BCUT2D eigenvalue weighted by Crippen LogP contribution is -1.89. The molecule has 94 valence electrons. The van der Waals surface area contributed by atoms with Crippen LogP contribution in [-0.4, -0.2) is 15.2 Å². The van der Waals surface area contributed by atoms with Crippen LogP contribution in [0.1, 0.15) is 11.1 Å². The summed E-state index contributed by atoms with van der Waals surface area (Å²) in [5.41, 5.74) is 3.60. The fraction of sp³-hybridized carbons (Fsp3) is 0.0667. The number of hydrogen-bond donors (Lipinski definition) is 2. The Bertz CT molecular complexity index is 728. The molecule has 1 heterocycles. The Morgan fingerprint density at radius 1 is 0.895 bits per heavy atom. The molecule has 3 aromatic rings. The quantitative estimate of drug-likeness (QED) is 0.710. The molecule has 0 amide bonds. The summed E-state index contributed by atoms with van der Waals surface area (Å²) in [6, 6.07) is 18.7. The fourth-order valence-corrected chi connectivity index (χ4v) is 2.21. The summed E-state index contributed by atoms with van der Waals surface area (Å²) in [6.07, 6.45) is 0.917. The van der Waals surface area contributed by atoms with Gasteiger partial charge < -0.3 is 0 Å². The molecule has 0 unspecified atom stereocenters. The predicted molar refractivity (Wildman–Crippen MR) is 78.5 cm³/mol. The van der Waals surface area contributed by atoms with Crippen LogP contribution < -0.4 is 0 Å². The third-order valence-corrected chi connectivity index (χ3v) is 3.15. The zero-order valence-corrected chi connectivity index (χ0v) is 11.1. The zero-order valence-electron chi connectivity index (χ0n) is 10.3. The first-order valence-electron chi connectivity index (χ1n) is 6.09. The van der Waals surface area contributed by atoms with Gasteiger partial charge in [-0.3, -0.25) is 10.2 Å². The summed E-state index contributed by atoms with van der Waals surface area (Å²) < 4.78 is 0.475. The molecule has 0 fully saturated rings. The average molecular weight is 267 g/mol. The van der Waals surface area contributed by atoms with Crippen LogP contribution >= 0.6 is 12.2 Å². The summed E-state index contributed by atoms with van der Waals surface area (Å²) in [5, 5.41) is 5.79. The van der Waals surface area contributed by atoms with Crippen molar-refractivity contribution in [2.75, 3.05) is 0 Å². The molecule has 0 aliphatic rings. The van der Waals surface area contributed by atoms with Gasteiger partial charge in [0.15, 0.2) is 5.82 Å². The Kier molecular flexibility index (Phi) is 3.25. The molecule has 2 aromatic carbocycles. The van der Waals surface area contributed by atoms with Gasteiger partial charge in [0, 0.05) is 5.56 Å². The Hall–Kier alpha value is -2.20. The summed E-state index contributed by atoms with van der Waals surface area (Å²) in [5.74, 6) is 0.778. The third kappa shape index (κ3) is 2.80. The van der Waals surface area contributed by atoms with E-state index in [9.17, 15) is 0 Å². The van der Waals surface area contributed by atoms with Crippen LogP contribution in [-0.2, 0) is 6.42 Å². The van der Waals surface area contributed by atoms with E-state index in [1.54, 1.807) is 0 Å². The van der Waals surface area contributed by atoms with E-state index in [1.165, 1.54) is 11.1 Å². The van der Waals surface area contributed by atoms with Crippen molar-refractivity contribution in [3.05, 3.63) is 70.5 Å². The fourth-order valence-electron chi connectivity index (χ4n) is 2.07. The molecule has 2 N–H and O–H groups in total. The van der Waals surface area contributed by atoms with Gasteiger partial charge in [-0.25, -0.2) is 0 Å². The van der Waals surface area contributed by atoms with E-state index in [0.29, 0.717) is 4.77 Å². The van der Waals surface area contributed by atoms with Gasteiger partial charge >= 0.3 is 0 Å². The Morgan fingerprint density at radius 2 is 1.68 bits per heavy atom. The van der Waals surface area contributed by atoms with Crippen molar-refractivity contribution >= 4 is 12.2 Å². The Labute approximate surface area is 116 Å². The average Bonchev–Trinajstić information content (AvgIpc) is 2.87. The maximum absolute atomic E-state index is 4.97. The van der Waals surface area contributed by atoms with E-state index in [-0.39, 0.29) is 0 Å². The number of benzene rings is 2. The normalized spacial score (nSPS) is 10.5. The van der Waals surface area contributed by atoms with E-state index >= 15 is 0 Å². The first-order valence-corrected chi connectivity index (χ1v) is 6.50. The van der Waals surface area contributed by atoms with Crippen LogP contribution in [0.4, 0.5) is 0 Å². The summed E-state index contributed by atoms with van der Waals surface area (Å²) in [6.45, 7) is 0. The molecule has 4 heteroatoms. The Balaban J connectivity index is 1.90. The molecule has 3 nitrogen and oxygen atoms in total. The van der Waals surface area contributed by atoms with E-state index < -0.39 is 0 Å². The van der Waals surface area contributed by atoms with Gasteiger partial charge in [0.25, 0.3) is 0 Å². The minimum atomic E-state index is 0.475. The molecule has 3 rings (SSSR count). The number of nitrogens with one attached hydrogen (secondary N) is 2. The lowest BCUT2D eigenvalue weighted by Gasteiger charge is -2.03. The number of nitrogens with zero attached hydrogens (tertiary/aromatic N) is 1. The smallest absolute Gasteiger partial charge is 0.213 e. The number of hydrogen-bond acceptors (Lipinski definition) is 2. The van der Waals surface area contributed by atoms with Gasteiger partial charge in [-0.05, 0) is 35.8 Å². The molecule has 0 saturated carbocycles. The molecule has 0 spiro atoms. The number of aromatic amines is 2. The predicted octanol–water partition coefficient (Wildman–Crippen LogP) is 3.73. The van der Waals surface area contributed by atoms with Crippen molar-refractivity contribution in [2.45, 2.75) is 6.42 Å². The molecule has 0 atom stereocenters. The topological polar surface area (TPSA) is 44.5 Å². The summed E-state index contributed by atoms with van der Waals surface area (Å²) in [4.78, 5) is 4.23. The van der Waals surface area contributed by atoms with Crippen molar-refractivity contribution in [1.82, 2.24) is 15.2 Å². The van der Waals surface area contributed by atoms with Crippen LogP contribution in [0.15, 0.2) is 54.6 Å². The van der Waals surface area contributed by atoms with Gasteiger partial charge in [-0.1, -0.05) is 48.5 Å². The lowest BCUT2D eigenvalue weighted by atomic mass is 10.0. The van der Waals surface area contributed by atoms with Gasteiger partial charge in [0.05, 0.1) is 0 Å². The minimum absolute atomic E-state index is 0.475. The number of H-pyrrole nitrogens is 2. The Morgan fingerprint density at radius 3 is 2.42 bits per heavy atom. The second-order valence-corrected chi connectivity index (χ2v) is 4.77. The maximum atomic E-state index is 4.97. The molecular weight excluding hydrogens is 254 g/mol. The molecule has 0 saturated heterocycles. The second kappa shape index (κ2) is 5.20. The first-order chi connectivity index (χ1) is 9.31. The maximum Gasteiger partial charge on any atom is 0.213 e. The van der Waals surface area contributed by atoms with Gasteiger partial charge in [-0.2, -0.15) is 4.98 Å². The largest absolute Gasteiger partial charge is 0.282 e. The molecule has 0 aliphatic heterocycles. The van der Waals surface area contributed by atoms with Crippen molar-refractivity contribution in [3.8, 4) is 11.4 Å². The summed E-state index contributed by atoms with van der Waals surface area (Å²) >= 11 is 4.97. The van der Waals surface area contributed by atoms with Crippen LogP contribution in [0.3, 0.4) is 0 Å². The van der Waals surface area contributed by atoms with E-state index in [2.05, 4.69) is 51.6 Å². The number of aromatic nitrogens is 3. The zero-order chi connectivity index (χ0) is 13.1. The van der Waals surface area contributed by atoms with Crippen molar-refractivity contribution in [1.29, 1.82) is 0 Å². The molecule has 0 bridgehead atoms. The third-order valence-electron chi connectivity index (χ3n) is 2.95. The van der Waals surface area contributed by atoms with Gasteiger partial charge in [0.2, 0.25) is 4.77 Å². The van der Waals surface area contributed by atoms with Crippen molar-refractivity contribution < 1.29 is 0 Å². The van der Waals surface area contributed by atoms with E-state index in [1.807, 2.05) is 18.2 Å². The number of rotatable bonds is 3. The van der Waals surface area contributed by atoms with Crippen LogP contribution in [0.2, 0.25) is 0 Å². The highest BCUT2D eigenvalue weighted by molar-refractivity contribution is 7.71. The van der Waals surface area contributed by atoms with Gasteiger partial charge in [0.1, 0.15) is 0 Å². The van der Waals surface area contributed by atoms with Crippen LogP contribution in [0, 0.1) is 4.77 Å². The van der Waals surface area contributed by atoms with Crippen molar-refractivity contribution in [3.63, 3.8) is 0 Å². The van der Waals surface area contributed by atoms with E-state index in [0.717, 1.165) is 17.8 Å². The minimum Gasteiger partial charge on any atom is -0.282 e. The van der Waals surface area contributed by atoms with Crippen LogP contribution in [0.5, 0.6) is 0 Å².